The Morgan fingerprint density at radius 2 is 1.86 bits per heavy atom. The largest absolute Gasteiger partial charge is 0.353 e. The number of carbonyl (C=O) groups is 3. The van der Waals surface area contributed by atoms with Gasteiger partial charge in [-0.05, 0) is 23.6 Å². The van der Waals surface area contributed by atoms with Crippen LogP contribution in [0, 0.1) is 0 Å². The molecule has 142 valence electrons. The Morgan fingerprint density at radius 3 is 2.64 bits per heavy atom. The Balaban J connectivity index is 1.48. The summed E-state index contributed by atoms with van der Waals surface area (Å²) in [5.74, 6) is -0.713. The minimum absolute atomic E-state index is 0.101. The predicted molar refractivity (Wildman–Crippen MR) is 106 cm³/mol. The van der Waals surface area contributed by atoms with Crippen LogP contribution in [-0.2, 0) is 23.2 Å². The molecule has 4 amide bonds. The van der Waals surface area contributed by atoms with Gasteiger partial charge in [0.1, 0.15) is 6.04 Å². The lowest BCUT2D eigenvalue weighted by molar-refractivity contribution is -0.125. The Labute approximate surface area is 161 Å². The van der Waals surface area contributed by atoms with E-state index in [1.165, 1.54) is 0 Å². The molecule has 2 N–H and O–H groups in total. The molecule has 3 aromatic rings. The highest BCUT2D eigenvalue weighted by Crippen LogP contribution is 2.29. The van der Waals surface area contributed by atoms with Gasteiger partial charge in [-0.25, -0.2) is 9.69 Å². The number of imide groups is 1. The fourth-order valence-corrected chi connectivity index (χ4v) is 3.43. The summed E-state index contributed by atoms with van der Waals surface area (Å²) >= 11 is 0. The van der Waals surface area contributed by atoms with Crippen LogP contribution < -0.4 is 15.5 Å². The Morgan fingerprint density at radius 1 is 1.07 bits per heavy atom. The summed E-state index contributed by atoms with van der Waals surface area (Å²) in [5, 5.41) is 7.16. The second-order valence-corrected chi connectivity index (χ2v) is 6.77. The summed E-state index contributed by atoms with van der Waals surface area (Å²) in [4.78, 5) is 38.7. The molecule has 0 unspecified atom stereocenters. The van der Waals surface area contributed by atoms with Crippen LogP contribution in [0.25, 0.3) is 10.8 Å². The zero-order chi connectivity index (χ0) is 19.7. The average Bonchev–Trinajstić information content (AvgIpc) is 3.22. The molecule has 0 aliphatic carbocycles. The normalized spacial score (nSPS) is 16.5. The maximum atomic E-state index is 12.8. The van der Waals surface area contributed by atoms with Crippen LogP contribution in [0.1, 0.15) is 12.1 Å². The number of urea groups is 1. The van der Waals surface area contributed by atoms with Gasteiger partial charge in [0, 0.05) is 24.3 Å². The van der Waals surface area contributed by atoms with Crippen molar-refractivity contribution in [1.82, 2.24) is 15.2 Å². The predicted octanol–water partition coefficient (Wildman–Crippen LogP) is 2.31. The number of fused-ring (bicyclic) bond motifs is 1. The van der Waals surface area contributed by atoms with E-state index in [1.54, 1.807) is 12.1 Å². The molecule has 0 saturated carbocycles. The molecule has 1 fully saturated rings. The number of nitrogens with zero attached hydrogens (tertiary/aromatic N) is 2. The number of aryl methyl sites for hydroxylation is 1. The minimum Gasteiger partial charge on any atom is -0.353 e. The van der Waals surface area contributed by atoms with E-state index in [2.05, 4.69) is 10.6 Å². The smallest absolute Gasteiger partial charge is 0.329 e. The SMILES string of the molecule is Cn1cccc1CNC(=O)C[C@H]1NC(=O)N(c2cccc3ccccc23)C1=O. The van der Waals surface area contributed by atoms with Gasteiger partial charge in [0.05, 0.1) is 18.7 Å². The molecule has 1 aliphatic rings. The van der Waals surface area contributed by atoms with Crippen molar-refractivity contribution in [3.63, 3.8) is 0 Å². The van der Waals surface area contributed by atoms with Crippen LogP contribution in [0.15, 0.2) is 60.8 Å². The first-order chi connectivity index (χ1) is 13.5. The van der Waals surface area contributed by atoms with Crippen LogP contribution in [-0.4, -0.2) is 28.5 Å². The maximum absolute atomic E-state index is 12.8. The van der Waals surface area contributed by atoms with Crippen LogP contribution in [0.5, 0.6) is 0 Å². The number of nitrogens with one attached hydrogen (secondary N) is 2. The first-order valence-electron chi connectivity index (χ1n) is 9.04. The van der Waals surface area contributed by atoms with Gasteiger partial charge in [0.25, 0.3) is 5.91 Å². The number of amides is 4. The second kappa shape index (κ2) is 7.19. The molecule has 7 heteroatoms. The summed E-state index contributed by atoms with van der Waals surface area (Å²) in [6.07, 6.45) is 1.79. The van der Waals surface area contributed by atoms with Crippen molar-refractivity contribution >= 4 is 34.3 Å². The van der Waals surface area contributed by atoms with E-state index < -0.39 is 18.0 Å². The van der Waals surface area contributed by atoms with E-state index in [0.717, 1.165) is 21.4 Å². The summed E-state index contributed by atoms with van der Waals surface area (Å²) in [5.41, 5.74) is 1.47. The third-order valence-corrected chi connectivity index (χ3v) is 4.93. The zero-order valence-electron chi connectivity index (χ0n) is 15.4. The van der Waals surface area contributed by atoms with Gasteiger partial charge in [-0.3, -0.25) is 9.59 Å². The van der Waals surface area contributed by atoms with Crippen molar-refractivity contribution in [3.8, 4) is 0 Å². The Bertz CT molecular complexity index is 1070. The quantitative estimate of drug-likeness (QED) is 0.671. The average molecular weight is 376 g/mol. The summed E-state index contributed by atoms with van der Waals surface area (Å²) < 4.78 is 1.91. The number of benzene rings is 2. The molecule has 4 rings (SSSR count). The molecule has 1 aliphatic heterocycles. The molecule has 28 heavy (non-hydrogen) atoms. The number of anilines is 1. The van der Waals surface area contributed by atoms with Crippen molar-refractivity contribution in [2.75, 3.05) is 4.90 Å². The molecule has 1 atom stereocenters. The zero-order valence-corrected chi connectivity index (χ0v) is 15.4. The van der Waals surface area contributed by atoms with Gasteiger partial charge < -0.3 is 15.2 Å². The topological polar surface area (TPSA) is 83.4 Å². The molecule has 1 saturated heterocycles. The summed E-state index contributed by atoms with van der Waals surface area (Å²) in [7, 11) is 1.89. The Kier molecular flexibility index (Phi) is 4.57. The lowest BCUT2D eigenvalue weighted by Crippen LogP contribution is -2.36. The fourth-order valence-electron chi connectivity index (χ4n) is 3.43. The van der Waals surface area contributed by atoms with Crippen molar-refractivity contribution in [2.24, 2.45) is 7.05 Å². The van der Waals surface area contributed by atoms with E-state index in [0.29, 0.717) is 12.2 Å². The van der Waals surface area contributed by atoms with Crippen LogP contribution >= 0.6 is 0 Å². The molecule has 1 aromatic heterocycles. The van der Waals surface area contributed by atoms with Crippen LogP contribution in [0.3, 0.4) is 0 Å². The van der Waals surface area contributed by atoms with Crippen molar-refractivity contribution in [2.45, 2.75) is 19.0 Å². The van der Waals surface area contributed by atoms with Gasteiger partial charge in [0.2, 0.25) is 5.91 Å². The van der Waals surface area contributed by atoms with E-state index in [9.17, 15) is 14.4 Å². The van der Waals surface area contributed by atoms with Gasteiger partial charge in [0.15, 0.2) is 0 Å². The fraction of sp³-hybridized carbons (Fsp3) is 0.190. The van der Waals surface area contributed by atoms with Crippen molar-refractivity contribution in [1.29, 1.82) is 0 Å². The molecule has 2 heterocycles. The minimum atomic E-state index is -0.875. The van der Waals surface area contributed by atoms with Gasteiger partial charge in [-0.15, -0.1) is 0 Å². The second-order valence-electron chi connectivity index (χ2n) is 6.77. The Hall–Kier alpha value is -3.61. The summed E-state index contributed by atoms with van der Waals surface area (Å²) in [6.45, 7) is 0.365. The van der Waals surface area contributed by atoms with Gasteiger partial charge in [-0.1, -0.05) is 36.4 Å². The third kappa shape index (κ3) is 3.22. The highest BCUT2D eigenvalue weighted by atomic mass is 16.2. The lowest BCUT2D eigenvalue weighted by atomic mass is 10.1. The monoisotopic (exact) mass is 376 g/mol. The molecular weight excluding hydrogens is 356 g/mol. The van der Waals surface area contributed by atoms with Crippen molar-refractivity contribution < 1.29 is 14.4 Å². The molecule has 0 radical (unpaired) electrons. The number of hydrogen-bond acceptors (Lipinski definition) is 3. The molecular formula is C21H20N4O3. The summed E-state index contributed by atoms with van der Waals surface area (Å²) in [6, 6.07) is 15.4. The van der Waals surface area contributed by atoms with Gasteiger partial charge in [-0.2, -0.15) is 0 Å². The first kappa shape index (κ1) is 17.8. The number of aromatic nitrogens is 1. The molecule has 7 nitrogen and oxygen atoms in total. The van der Waals surface area contributed by atoms with E-state index >= 15 is 0 Å². The van der Waals surface area contributed by atoms with Crippen LogP contribution in [0.4, 0.5) is 10.5 Å². The van der Waals surface area contributed by atoms with E-state index in [4.69, 9.17) is 0 Å². The van der Waals surface area contributed by atoms with Crippen LogP contribution in [0.2, 0.25) is 0 Å². The standard InChI is InChI=1S/C21H20N4O3/c1-24-11-5-8-15(24)13-22-19(26)12-17-20(27)25(21(28)23-17)18-10-4-7-14-6-2-3-9-16(14)18/h2-11,17H,12-13H2,1H3,(H,22,26)(H,23,28)/t17-/m1/s1. The molecule has 0 bridgehead atoms. The number of carbonyl (C=O) groups excluding carboxylic acids is 3. The first-order valence-corrected chi connectivity index (χ1v) is 9.04. The number of rotatable bonds is 5. The number of hydrogen-bond donors (Lipinski definition) is 2. The highest BCUT2D eigenvalue weighted by molar-refractivity contribution is 6.24. The van der Waals surface area contributed by atoms with E-state index in [1.807, 2.05) is 60.3 Å². The maximum Gasteiger partial charge on any atom is 0.329 e. The third-order valence-electron chi connectivity index (χ3n) is 4.93. The molecule has 2 aromatic carbocycles. The van der Waals surface area contributed by atoms with Gasteiger partial charge >= 0.3 is 6.03 Å². The molecule has 0 spiro atoms. The van der Waals surface area contributed by atoms with Crippen molar-refractivity contribution in [3.05, 3.63) is 66.5 Å². The highest BCUT2D eigenvalue weighted by Gasteiger charge is 2.40. The van der Waals surface area contributed by atoms with E-state index in [-0.39, 0.29) is 12.3 Å². The lowest BCUT2D eigenvalue weighted by Gasteiger charge is -2.15.